The lowest BCUT2D eigenvalue weighted by atomic mass is 10.2. The molecule has 124 valence electrons. The average molecular weight is 354 g/mol. The summed E-state index contributed by atoms with van der Waals surface area (Å²) >= 11 is 6.29. The number of nitrogens with one attached hydrogen (secondary N) is 2. The Hall–Kier alpha value is -3.32. The number of aromatic amines is 1. The number of hydrogen-bond acceptors (Lipinski definition) is 5. The van der Waals surface area contributed by atoms with Gasteiger partial charge in [0.05, 0.1) is 28.7 Å². The number of hydrogen-bond donors (Lipinski definition) is 3. The predicted octanol–water partition coefficient (Wildman–Crippen LogP) is 3.71. The smallest absolute Gasteiger partial charge is 0.291 e. The Bertz CT molecular complexity index is 1070. The topological polar surface area (TPSA) is 110 Å². The third-order valence-electron chi connectivity index (χ3n) is 3.58. The standard InChI is InChI=1S/C17H12ClN5O2/c18-12-4-3-10(21-17(24)14-2-1-5-25-14)7-11(12)15-22-13-6-9(19)8-20-16(13)23-15/h1-8H,19H2,(H,21,24)(H,20,22,23). The molecular weight excluding hydrogens is 342 g/mol. The number of carbonyl (C=O) groups excluding carboxylic acids is 1. The molecule has 0 fully saturated rings. The molecule has 1 aromatic carbocycles. The van der Waals surface area contributed by atoms with Crippen molar-refractivity contribution in [3.63, 3.8) is 0 Å². The van der Waals surface area contributed by atoms with Gasteiger partial charge in [0, 0.05) is 11.3 Å². The summed E-state index contributed by atoms with van der Waals surface area (Å²) in [5.74, 6) is 0.407. The highest BCUT2D eigenvalue weighted by Crippen LogP contribution is 2.30. The molecule has 0 radical (unpaired) electrons. The van der Waals surface area contributed by atoms with Gasteiger partial charge in [-0.25, -0.2) is 9.97 Å². The number of imidazole rings is 1. The van der Waals surface area contributed by atoms with Gasteiger partial charge in [-0.05, 0) is 36.4 Å². The Morgan fingerprint density at radius 3 is 2.96 bits per heavy atom. The summed E-state index contributed by atoms with van der Waals surface area (Å²) in [4.78, 5) is 23.8. The largest absolute Gasteiger partial charge is 0.459 e. The van der Waals surface area contributed by atoms with Crippen LogP contribution in [0.25, 0.3) is 22.6 Å². The van der Waals surface area contributed by atoms with Gasteiger partial charge in [-0.2, -0.15) is 0 Å². The molecule has 1 amide bonds. The van der Waals surface area contributed by atoms with E-state index in [1.165, 1.54) is 12.5 Å². The van der Waals surface area contributed by atoms with Crippen LogP contribution in [-0.4, -0.2) is 20.9 Å². The number of nitrogens with two attached hydrogens (primary N) is 1. The quantitative estimate of drug-likeness (QED) is 0.520. The molecule has 0 aliphatic carbocycles. The number of fused-ring (bicyclic) bond motifs is 1. The Balaban J connectivity index is 1.70. The van der Waals surface area contributed by atoms with Crippen molar-refractivity contribution in [2.45, 2.75) is 0 Å². The molecule has 3 heterocycles. The number of pyridine rings is 1. The first-order valence-corrected chi connectivity index (χ1v) is 7.74. The van der Waals surface area contributed by atoms with Gasteiger partial charge < -0.3 is 20.5 Å². The van der Waals surface area contributed by atoms with Crippen LogP contribution in [0.3, 0.4) is 0 Å². The van der Waals surface area contributed by atoms with Crippen molar-refractivity contribution in [2.75, 3.05) is 11.1 Å². The van der Waals surface area contributed by atoms with E-state index in [1.54, 1.807) is 36.4 Å². The molecule has 7 nitrogen and oxygen atoms in total. The summed E-state index contributed by atoms with van der Waals surface area (Å²) in [6.45, 7) is 0. The van der Waals surface area contributed by atoms with Crippen molar-refractivity contribution in [1.29, 1.82) is 0 Å². The van der Waals surface area contributed by atoms with Crippen LogP contribution in [0.5, 0.6) is 0 Å². The van der Waals surface area contributed by atoms with Crippen LogP contribution in [0.4, 0.5) is 11.4 Å². The zero-order valence-electron chi connectivity index (χ0n) is 12.8. The number of halogens is 1. The van der Waals surface area contributed by atoms with Gasteiger partial charge in [0.15, 0.2) is 11.4 Å². The number of nitrogen functional groups attached to an aromatic ring is 1. The Kier molecular flexibility index (Phi) is 3.62. The Morgan fingerprint density at radius 2 is 2.16 bits per heavy atom. The summed E-state index contributed by atoms with van der Waals surface area (Å²) in [5, 5.41) is 3.24. The molecule has 0 saturated carbocycles. The highest BCUT2D eigenvalue weighted by atomic mass is 35.5. The molecule has 4 aromatic rings. The number of H-pyrrole nitrogens is 1. The zero-order chi connectivity index (χ0) is 17.4. The maximum atomic E-state index is 12.1. The number of benzene rings is 1. The van der Waals surface area contributed by atoms with E-state index in [1.807, 2.05) is 0 Å². The molecule has 0 atom stereocenters. The van der Waals surface area contributed by atoms with Crippen LogP contribution in [0.1, 0.15) is 10.6 Å². The minimum atomic E-state index is -0.350. The molecule has 0 spiro atoms. The molecule has 0 aliphatic rings. The van der Waals surface area contributed by atoms with E-state index in [9.17, 15) is 4.79 Å². The lowest BCUT2D eigenvalue weighted by Gasteiger charge is -2.07. The lowest BCUT2D eigenvalue weighted by Crippen LogP contribution is -2.10. The normalized spacial score (nSPS) is 10.9. The molecular formula is C17H12ClN5O2. The summed E-state index contributed by atoms with van der Waals surface area (Å²) in [7, 11) is 0. The number of aromatic nitrogens is 3. The second-order valence-electron chi connectivity index (χ2n) is 5.35. The number of nitrogens with zero attached hydrogens (tertiary/aromatic N) is 2. The van der Waals surface area contributed by atoms with Crippen molar-refractivity contribution >= 4 is 40.0 Å². The second-order valence-corrected chi connectivity index (χ2v) is 5.76. The van der Waals surface area contributed by atoms with Gasteiger partial charge in [0.1, 0.15) is 5.82 Å². The first-order valence-electron chi connectivity index (χ1n) is 7.36. The third kappa shape index (κ3) is 2.92. The molecule has 4 N–H and O–H groups in total. The number of carbonyl (C=O) groups is 1. The maximum absolute atomic E-state index is 12.1. The predicted molar refractivity (Wildman–Crippen MR) is 95.4 cm³/mol. The van der Waals surface area contributed by atoms with E-state index >= 15 is 0 Å². The summed E-state index contributed by atoms with van der Waals surface area (Å²) in [5.41, 5.74) is 8.71. The van der Waals surface area contributed by atoms with E-state index in [2.05, 4.69) is 20.3 Å². The van der Waals surface area contributed by atoms with Crippen molar-refractivity contribution in [3.8, 4) is 11.4 Å². The molecule has 0 saturated heterocycles. The summed E-state index contributed by atoms with van der Waals surface area (Å²) in [6.07, 6.45) is 2.98. The van der Waals surface area contributed by atoms with Crippen LogP contribution < -0.4 is 11.1 Å². The van der Waals surface area contributed by atoms with Crippen LogP contribution in [0.2, 0.25) is 5.02 Å². The number of furan rings is 1. The fourth-order valence-corrected chi connectivity index (χ4v) is 2.64. The highest BCUT2D eigenvalue weighted by molar-refractivity contribution is 6.33. The molecule has 0 aliphatic heterocycles. The minimum Gasteiger partial charge on any atom is -0.459 e. The van der Waals surface area contributed by atoms with E-state index in [0.29, 0.717) is 38.9 Å². The van der Waals surface area contributed by atoms with Crippen molar-refractivity contribution in [3.05, 3.63) is 59.6 Å². The summed E-state index contributed by atoms with van der Waals surface area (Å²) < 4.78 is 5.08. The zero-order valence-corrected chi connectivity index (χ0v) is 13.5. The molecule has 0 bridgehead atoms. The Morgan fingerprint density at radius 1 is 1.28 bits per heavy atom. The number of anilines is 2. The Labute approximate surface area is 146 Å². The van der Waals surface area contributed by atoms with Crippen LogP contribution in [-0.2, 0) is 0 Å². The van der Waals surface area contributed by atoms with Crippen LogP contribution in [0, 0.1) is 0 Å². The molecule has 0 unspecified atom stereocenters. The van der Waals surface area contributed by atoms with Gasteiger partial charge in [0.25, 0.3) is 5.91 Å². The first kappa shape index (κ1) is 15.2. The van der Waals surface area contributed by atoms with Crippen molar-refractivity contribution < 1.29 is 9.21 Å². The molecule has 3 aromatic heterocycles. The van der Waals surface area contributed by atoms with Gasteiger partial charge in [-0.3, -0.25) is 4.79 Å². The average Bonchev–Trinajstić information content (AvgIpc) is 3.25. The van der Waals surface area contributed by atoms with E-state index < -0.39 is 0 Å². The van der Waals surface area contributed by atoms with E-state index in [4.69, 9.17) is 21.8 Å². The first-order chi connectivity index (χ1) is 12.1. The number of amides is 1. The molecule has 25 heavy (non-hydrogen) atoms. The SMILES string of the molecule is Nc1cnc2nc(-c3cc(NC(=O)c4ccco4)ccc3Cl)[nH]c2c1. The summed E-state index contributed by atoms with van der Waals surface area (Å²) in [6, 6.07) is 10.1. The second kappa shape index (κ2) is 5.95. The van der Waals surface area contributed by atoms with Crippen LogP contribution >= 0.6 is 11.6 Å². The fraction of sp³-hybridized carbons (Fsp3) is 0. The molecule has 4 rings (SSSR count). The molecule has 8 heteroatoms. The maximum Gasteiger partial charge on any atom is 0.291 e. The minimum absolute atomic E-state index is 0.222. The van der Waals surface area contributed by atoms with E-state index in [0.717, 1.165) is 0 Å². The lowest BCUT2D eigenvalue weighted by molar-refractivity contribution is 0.0996. The van der Waals surface area contributed by atoms with Crippen LogP contribution in [0.15, 0.2) is 53.3 Å². The number of rotatable bonds is 3. The van der Waals surface area contributed by atoms with Gasteiger partial charge in [-0.1, -0.05) is 11.6 Å². The van der Waals surface area contributed by atoms with Crippen molar-refractivity contribution in [2.24, 2.45) is 0 Å². The van der Waals surface area contributed by atoms with Gasteiger partial charge >= 0.3 is 0 Å². The third-order valence-corrected chi connectivity index (χ3v) is 3.91. The van der Waals surface area contributed by atoms with E-state index in [-0.39, 0.29) is 11.7 Å². The highest BCUT2D eigenvalue weighted by Gasteiger charge is 2.13. The van der Waals surface area contributed by atoms with Gasteiger partial charge in [0.2, 0.25) is 0 Å². The van der Waals surface area contributed by atoms with Gasteiger partial charge in [-0.15, -0.1) is 0 Å². The monoisotopic (exact) mass is 353 g/mol. The fourth-order valence-electron chi connectivity index (χ4n) is 2.43. The van der Waals surface area contributed by atoms with Crippen molar-refractivity contribution in [1.82, 2.24) is 15.0 Å².